The maximum absolute atomic E-state index is 12.5. The molecule has 0 saturated carbocycles. The minimum atomic E-state index is -3.63. The predicted octanol–water partition coefficient (Wildman–Crippen LogP) is 2.02. The molecular weight excluding hydrogens is 348 g/mol. The standard InChI is InChI=1S/C16H24N2O4S2/c1-12(2)7-8-15(20)17-13-5-3-9-18(11-14(13)19)24(21,22)16-6-4-10-23-16/h4,6,10,12-13H,3,5,7-9,11H2,1-2H3,(H,17,20)/t13-/m0/s1. The molecule has 0 unspecified atom stereocenters. The number of amides is 1. The van der Waals surface area contributed by atoms with Crippen LogP contribution in [0.25, 0.3) is 0 Å². The zero-order chi connectivity index (χ0) is 17.7. The van der Waals surface area contributed by atoms with E-state index in [1.165, 1.54) is 4.31 Å². The molecule has 0 bridgehead atoms. The van der Waals surface area contributed by atoms with Gasteiger partial charge < -0.3 is 5.32 Å². The van der Waals surface area contributed by atoms with Gasteiger partial charge in [-0.3, -0.25) is 9.59 Å². The topological polar surface area (TPSA) is 83.6 Å². The van der Waals surface area contributed by atoms with Gasteiger partial charge in [-0.1, -0.05) is 19.9 Å². The van der Waals surface area contributed by atoms with Gasteiger partial charge in [0.2, 0.25) is 5.91 Å². The molecule has 0 aromatic carbocycles. The highest BCUT2D eigenvalue weighted by molar-refractivity contribution is 7.91. The van der Waals surface area contributed by atoms with Gasteiger partial charge in [-0.2, -0.15) is 4.31 Å². The number of nitrogens with one attached hydrogen (secondary N) is 1. The van der Waals surface area contributed by atoms with Crippen LogP contribution in [-0.2, 0) is 19.6 Å². The molecule has 0 aliphatic carbocycles. The molecule has 1 amide bonds. The molecule has 1 aromatic rings. The second-order valence-corrected chi connectivity index (χ2v) is 9.54. The maximum atomic E-state index is 12.5. The van der Waals surface area contributed by atoms with E-state index in [2.05, 4.69) is 5.32 Å². The van der Waals surface area contributed by atoms with E-state index in [1.54, 1.807) is 17.5 Å². The monoisotopic (exact) mass is 372 g/mol. The minimum absolute atomic E-state index is 0.142. The number of rotatable bonds is 6. The fourth-order valence-electron chi connectivity index (χ4n) is 2.58. The summed E-state index contributed by atoms with van der Waals surface area (Å²) in [5.74, 6) is 0.0363. The Hall–Kier alpha value is -1.25. The number of hydrogen-bond acceptors (Lipinski definition) is 5. The van der Waals surface area contributed by atoms with Crippen molar-refractivity contribution in [2.24, 2.45) is 5.92 Å². The summed E-state index contributed by atoms with van der Waals surface area (Å²) in [5, 5.41) is 4.46. The molecule has 1 atom stereocenters. The van der Waals surface area contributed by atoms with Crippen LogP contribution in [0.5, 0.6) is 0 Å². The molecule has 24 heavy (non-hydrogen) atoms. The zero-order valence-electron chi connectivity index (χ0n) is 14.0. The highest BCUT2D eigenvalue weighted by atomic mass is 32.2. The summed E-state index contributed by atoms with van der Waals surface area (Å²) in [4.78, 5) is 24.3. The molecule has 2 heterocycles. The summed E-state index contributed by atoms with van der Waals surface area (Å²) in [7, 11) is -3.63. The van der Waals surface area contributed by atoms with Crippen molar-refractivity contribution in [2.45, 2.75) is 49.8 Å². The Morgan fingerprint density at radius 1 is 1.46 bits per heavy atom. The van der Waals surface area contributed by atoms with E-state index in [9.17, 15) is 18.0 Å². The number of carbonyl (C=O) groups excluding carboxylic acids is 2. The molecule has 1 N–H and O–H groups in total. The van der Waals surface area contributed by atoms with Gasteiger partial charge in [0.1, 0.15) is 4.21 Å². The van der Waals surface area contributed by atoms with Gasteiger partial charge in [0.25, 0.3) is 10.0 Å². The first kappa shape index (κ1) is 19.1. The lowest BCUT2D eigenvalue weighted by Gasteiger charge is -2.19. The maximum Gasteiger partial charge on any atom is 0.252 e. The molecule has 8 heteroatoms. The third-order valence-corrected chi connectivity index (χ3v) is 7.21. The van der Waals surface area contributed by atoms with Gasteiger partial charge in [-0.15, -0.1) is 11.3 Å². The average molecular weight is 373 g/mol. The number of thiophene rings is 1. The lowest BCUT2D eigenvalue weighted by Crippen LogP contribution is -2.44. The van der Waals surface area contributed by atoms with Gasteiger partial charge in [0.15, 0.2) is 5.78 Å². The Labute approximate surface area is 147 Å². The number of hydrogen-bond donors (Lipinski definition) is 1. The first-order valence-corrected chi connectivity index (χ1v) is 10.5. The number of sulfonamides is 1. The van der Waals surface area contributed by atoms with Crippen molar-refractivity contribution < 1.29 is 18.0 Å². The summed E-state index contributed by atoms with van der Waals surface area (Å²) in [5.41, 5.74) is 0. The molecule has 2 rings (SSSR count). The molecule has 134 valence electrons. The van der Waals surface area contributed by atoms with E-state index in [0.717, 1.165) is 17.8 Å². The Kier molecular flexibility index (Phi) is 6.54. The van der Waals surface area contributed by atoms with Crippen molar-refractivity contribution in [3.05, 3.63) is 17.5 Å². The quantitative estimate of drug-likeness (QED) is 0.828. The summed E-state index contributed by atoms with van der Waals surface area (Å²) in [6.45, 7) is 4.19. The van der Waals surface area contributed by atoms with Crippen LogP contribution in [0.3, 0.4) is 0 Å². The van der Waals surface area contributed by atoms with Crippen LogP contribution in [-0.4, -0.2) is 43.5 Å². The number of carbonyl (C=O) groups is 2. The number of ketones is 1. The fourth-order valence-corrected chi connectivity index (χ4v) is 5.17. The molecule has 1 aliphatic heterocycles. The fraction of sp³-hybridized carbons (Fsp3) is 0.625. The van der Waals surface area contributed by atoms with Crippen LogP contribution >= 0.6 is 11.3 Å². The van der Waals surface area contributed by atoms with Crippen molar-refractivity contribution in [1.82, 2.24) is 9.62 Å². The van der Waals surface area contributed by atoms with Crippen LogP contribution in [0, 0.1) is 5.92 Å². The van der Waals surface area contributed by atoms with E-state index < -0.39 is 16.1 Å². The van der Waals surface area contributed by atoms with E-state index in [0.29, 0.717) is 31.7 Å². The highest BCUT2D eigenvalue weighted by Crippen LogP contribution is 2.23. The zero-order valence-corrected chi connectivity index (χ0v) is 15.7. The normalized spacial score (nSPS) is 20.1. The van der Waals surface area contributed by atoms with Gasteiger partial charge in [-0.05, 0) is 36.6 Å². The van der Waals surface area contributed by atoms with E-state index in [1.807, 2.05) is 13.8 Å². The van der Waals surface area contributed by atoms with Crippen LogP contribution in [0.15, 0.2) is 21.7 Å². The van der Waals surface area contributed by atoms with Crippen LogP contribution in [0.1, 0.15) is 39.5 Å². The predicted molar refractivity (Wildman–Crippen MR) is 93.3 cm³/mol. The molecular formula is C16H24N2O4S2. The summed E-state index contributed by atoms with van der Waals surface area (Å²) in [6.07, 6.45) is 2.18. The second kappa shape index (κ2) is 8.22. The first-order valence-electron chi connectivity index (χ1n) is 8.16. The Morgan fingerprint density at radius 2 is 2.21 bits per heavy atom. The van der Waals surface area contributed by atoms with Crippen molar-refractivity contribution in [3.63, 3.8) is 0 Å². The third kappa shape index (κ3) is 4.87. The third-order valence-electron chi connectivity index (χ3n) is 3.99. The summed E-state index contributed by atoms with van der Waals surface area (Å²) in [6, 6.07) is 2.63. The molecule has 1 saturated heterocycles. The van der Waals surface area contributed by atoms with Crippen molar-refractivity contribution in [1.29, 1.82) is 0 Å². The van der Waals surface area contributed by atoms with Crippen LogP contribution in [0.2, 0.25) is 0 Å². The van der Waals surface area contributed by atoms with E-state index in [4.69, 9.17) is 0 Å². The molecule has 1 aliphatic rings. The molecule has 1 fully saturated rings. The smallest absolute Gasteiger partial charge is 0.252 e. The van der Waals surface area contributed by atoms with Crippen molar-refractivity contribution in [2.75, 3.05) is 13.1 Å². The SMILES string of the molecule is CC(C)CCC(=O)N[C@H]1CCCN(S(=O)(=O)c2cccs2)CC1=O. The van der Waals surface area contributed by atoms with Gasteiger partial charge in [0, 0.05) is 13.0 Å². The minimum Gasteiger partial charge on any atom is -0.346 e. The van der Waals surface area contributed by atoms with E-state index in [-0.39, 0.29) is 22.4 Å². The average Bonchev–Trinajstić information content (AvgIpc) is 2.99. The Morgan fingerprint density at radius 3 is 2.83 bits per heavy atom. The Bertz CT molecular complexity index is 668. The largest absolute Gasteiger partial charge is 0.346 e. The van der Waals surface area contributed by atoms with Crippen LogP contribution in [0.4, 0.5) is 0 Å². The summed E-state index contributed by atoms with van der Waals surface area (Å²) < 4.78 is 26.6. The highest BCUT2D eigenvalue weighted by Gasteiger charge is 2.33. The number of Topliss-reactive ketones (excluding diaryl/α,β-unsaturated/α-hetero) is 1. The van der Waals surface area contributed by atoms with Crippen LogP contribution < -0.4 is 5.32 Å². The van der Waals surface area contributed by atoms with E-state index >= 15 is 0 Å². The van der Waals surface area contributed by atoms with Gasteiger partial charge in [-0.25, -0.2) is 8.42 Å². The van der Waals surface area contributed by atoms with Gasteiger partial charge in [0.05, 0.1) is 12.6 Å². The lowest BCUT2D eigenvalue weighted by molar-refractivity contribution is -0.127. The molecule has 0 radical (unpaired) electrons. The summed E-state index contributed by atoms with van der Waals surface area (Å²) >= 11 is 1.14. The molecule has 6 nitrogen and oxygen atoms in total. The lowest BCUT2D eigenvalue weighted by atomic mass is 10.1. The van der Waals surface area contributed by atoms with Gasteiger partial charge >= 0.3 is 0 Å². The number of nitrogens with zero attached hydrogens (tertiary/aromatic N) is 1. The molecule has 0 spiro atoms. The second-order valence-electron chi connectivity index (χ2n) is 6.43. The Balaban J connectivity index is 1.99. The first-order chi connectivity index (χ1) is 11.3. The van der Waals surface area contributed by atoms with Crippen molar-refractivity contribution >= 4 is 33.1 Å². The molecule has 1 aromatic heterocycles. The van der Waals surface area contributed by atoms with Crippen molar-refractivity contribution in [3.8, 4) is 0 Å².